The number of aryl methyl sites for hydroxylation is 1. The van der Waals surface area contributed by atoms with Crippen LogP contribution in [-0.2, 0) is 6.61 Å². The number of aromatic amines is 1. The Bertz CT molecular complexity index is 1110. The average Bonchev–Trinajstić information content (AvgIpc) is 3.20. The van der Waals surface area contributed by atoms with Crippen molar-refractivity contribution < 1.29 is 9.53 Å². The molecule has 0 spiro atoms. The normalized spacial score (nSPS) is 10.5. The highest BCUT2D eigenvalue weighted by atomic mass is 16.5. The maximum atomic E-state index is 12.6. The number of nitrogens with zero attached hydrogens (tertiary/aromatic N) is 2. The van der Waals surface area contributed by atoms with E-state index in [2.05, 4.69) is 20.5 Å². The van der Waals surface area contributed by atoms with Crippen LogP contribution in [0.4, 0.5) is 5.69 Å². The summed E-state index contributed by atoms with van der Waals surface area (Å²) in [7, 11) is 0. The van der Waals surface area contributed by atoms with Gasteiger partial charge < -0.3 is 10.1 Å². The van der Waals surface area contributed by atoms with Crippen molar-refractivity contribution in [3.05, 3.63) is 95.8 Å². The molecule has 0 saturated heterocycles. The zero-order chi connectivity index (χ0) is 20.1. The second-order valence-electron chi connectivity index (χ2n) is 6.58. The second-order valence-corrected chi connectivity index (χ2v) is 6.58. The standard InChI is InChI=1S/C23H20N4O2/c1-16-24-22(27-26-16)19-8-5-9-20(14-19)25-23(28)18-10-12-21(13-11-18)29-15-17-6-3-2-4-7-17/h2-14H,15H2,1H3,(H,25,28)(H,24,26,27). The Morgan fingerprint density at radius 3 is 2.52 bits per heavy atom. The van der Waals surface area contributed by atoms with Crippen LogP contribution >= 0.6 is 0 Å². The first-order valence-electron chi connectivity index (χ1n) is 9.25. The molecular weight excluding hydrogens is 364 g/mol. The van der Waals surface area contributed by atoms with Gasteiger partial charge in [0.25, 0.3) is 5.91 Å². The van der Waals surface area contributed by atoms with Crippen LogP contribution in [0.2, 0.25) is 0 Å². The minimum Gasteiger partial charge on any atom is -0.489 e. The van der Waals surface area contributed by atoms with E-state index in [1.165, 1.54) is 0 Å². The van der Waals surface area contributed by atoms with Crippen molar-refractivity contribution in [1.29, 1.82) is 0 Å². The molecule has 0 aliphatic rings. The maximum Gasteiger partial charge on any atom is 0.255 e. The molecule has 4 rings (SSSR count). The van der Waals surface area contributed by atoms with Gasteiger partial charge in [0.1, 0.15) is 18.2 Å². The fraction of sp³-hybridized carbons (Fsp3) is 0.0870. The summed E-state index contributed by atoms with van der Waals surface area (Å²) >= 11 is 0. The predicted octanol–water partition coefficient (Wildman–Crippen LogP) is 4.61. The van der Waals surface area contributed by atoms with E-state index in [1.807, 2.05) is 61.5 Å². The number of aromatic nitrogens is 3. The van der Waals surface area contributed by atoms with E-state index in [-0.39, 0.29) is 5.91 Å². The van der Waals surface area contributed by atoms with E-state index >= 15 is 0 Å². The molecule has 0 radical (unpaired) electrons. The number of benzene rings is 3. The van der Waals surface area contributed by atoms with Crippen LogP contribution in [0.5, 0.6) is 5.75 Å². The van der Waals surface area contributed by atoms with E-state index in [9.17, 15) is 4.79 Å². The van der Waals surface area contributed by atoms with Crippen molar-refractivity contribution in [3.63, 3.8) is 0 Å². The number of rotatable bonds is 6. The minimum absolute atomic E-state index is 0.192. The van der Waals surface area contributed by atoms with Gasteiger partial charge in [-0.1, -0.05) is 42.5 Å². The quantitative estimate of drug-likeness (QED) is 0.509. The molecule has 1 amide bonds. The molecular formula is C23H20N4O2. The minimum atomic E-state index is -0.192. The van der Waals surface area contributed by atoms with Crippen molar-refractivity contribution in [2.45, 2.75) is 13.5 Å². The molecule has 6 heteroatoms. The van der Waals surface area contributed by atoms with Crippen LogP contribution in [-0.4, -0.2) is 21.1 Å². The predicted molar refractivity (Wildman–Crippen MR) is 112 cm³/mol. The molecule has 0 aliphatic carbocycles. The van der Waals surface area contributed by atoms with Crippen LogP contribution in [0, 0.1) is 6.92 Å². The van der Waals surface area contributed by atoms with Gasteiger partial charge in [0, 0.05) is 16.8 Å². The molecule has 29 heavy (non-hydrogen) atoms. The highest BCUT2D eigenvalue weighted by molar-refractivity contribution is 6.04. The lowest BCUT2D eigenvalue weighted by molar-refractivity contribution is 0.102. The highest BCUT2D eigenvalue weighted by Gasteiger charge is 2.09. The molecule has 0 fully saturated rings. The van der Waals surface area contributed by atoms with Gasteiger partial charge in [-0.25, -0.2) is 4.98 Å². The van der Waals surface area contributed by atoms with E-state index < -0.39 is 0 Å². The lowest BCUT2D eigenvalue weighted by Gasteiger charge is -2.09. The second kappa shape index (κ2) is 8.39. The average molecular weight is 384 g/mol. The summed E-state index contributed by atoms with van der Waals surface area (Å²) in [6.07, 6.45) is 0. The molecule has 3 aromatic carbocycles. The van der Waals surface area contributed by atoms with Gasteiger partial charge in [-0.05, 0) is 48.9 Å². The number of carbonyl (C=O) groups is 1. The van der Waals surface area contributed by atoms with Crippen molar-refractivity contribution in [2.75, 3.05) is 5.32 Å². The number of hydrogen-bond donors (Lipinski definition) is 2. The van der Waals surface area contributed by atoms with Gasteiger partial charge in [0.05, 0.1) is 0 Å². The van der Waals surface area contributed by atoms with Gasteiger partial charge in [0.2, 0.25) is 0 Å². The zero-order valence-corrected chi connectivity index (χ0v) is 15.9. The first-order chi connectivity index (χ1) is 14.2. The van der Waals surface area contributed by atoms with Crippen LogP contribution in [0.25, 0.3) is 11.4 Å². The van der Waals surface area contributed by atoms with Crippen molar-refractivity contribution in [3.8, 4) is 17.1 Å². The molecule has 0 bridgehead atoms. The number of anilines is 1. The zero-order valence-electron chi connectivity index (χ0n) is 15.9. The van der Waals surface area contributed by atoms with Gasteiger partial charge in [-0.2, -0.15) is 5.10 Å². The highest BCUT2D eigenvalue weighted by Crippen LogP contribution is 2.20. The fourth-order valence-corrected chi connectivity index (χ4v) is 2.85. The molecule has 0 atom stereocenters. The first kappa shape index (κ1) is 18.4. The Morgan fingerprint density at radius 1 is 1.00 bits per heavy atom. The van der Waals surface area contributed by atoms with Crippen molar-refractivity contribution in [1.82, 2.24) is 15.2 Å². The topological polar surface area (TPSA) is 79.9 Å². The van der Waals surface area contributed by atoms with Crippen LogP contribution < -0.4 is 10.1 Å². The van der Waals surface area contributed by atoms with E-state index in [4.69, 9.17) is 4.74 Å². The Kier molecular flexibility index (Phi) is 5.33. The molecule has 2 N–H and O–H groups in total. The third-order valence-corrected chi connectivity index (χ3v) is 4.34. The number of hydrogen-bond acceptors (Lipinski definition) is 4. The number of carbonyl (C=O) groups excluding carboxylic acids is 1. The molecule has 0 aliphatic heterocycles. The number of ether oxygens (including phenoxy) is 1. The largest absolute Gasteiger partial charge is 0.489 e. The lowest BCUT2D eigenvalue weighted by atomic mass is 10.1. The van der Waals surface area contributed by atoms with Crippen LogP contribution in [0.3, 0.4) is 0 Å². The summed E-state index contributed by atoms with van der Waals surface area (Å²) in [4.78, 5) is 16.9. The molecule has 1 heterocycles. The summed E-state index contributed by atoms with van der Waals surface area (Å²) in [6, 6.07) is 24.5. The van der Waals surface area contributed by atoms with Crippen LogP contribution in [0.1, 0.15) is 21.7 Å². The van der Waals surface area contributed by atoms with E-state index in [0.29, 0.717) is 29.4 Å². The molecule has 0 unspecified atom stereocenters. The fourth-order valence-electron chi connectivity index (χ4n) is 2.85. The van der Waals surface area contributed by atoms with Gasteiger partial charge >= 0.3 is 0 Å². The molecule has 6 nitrogen and oxygen atoms in total. The third-order valence-electron chi connectivity index (χ3n) is 4.34. The summed E-state index contributed by atoms with van der Waals surface area (Å²) < 4.78 is 5.76. The molecule has 144 valence electrons. The molecule has 0 saturated carbocycles. The van der Waals surface area contributed by atoms with Crippen LogP contribution in [0.15, 0.2) is 78.9 Å². The summed E-state index contributed by atoms with van der Waals surface area (Å²) in [5.74, 6) is 1.86. The van der Waals surface area contributed by atoms with Gasteiger partial charge in [-0.3, -0.25) is 9.89 Å². The molecule has 1 aromatic heterocycles. The summed E-state index contributed by atoms with van der Waals surface area (Å²) in [6.45, 7) is 2.33. The number of nitrogens with one attached hydrogen (secondary N) is 2. The molecule has 4 aromatic rings. The summed E-state index contributed by atoms with van der Waals surface area (Å²) in [5, 5.41) is 9.88. The lowest BCUT2D eigenvalue weighted by Crippen LogP contribution is -2.11. The Morgan fingerprint density at radius 2 is 1.79 bits per heavy atom. The maximum absolute atomic E-state index is 12.6. The monoisotopic (exact) mass is 384 g/mol. The Hall–Kier alpha value is -3.93. The van der Waals surface area contributed by atoms with Gasteiger partial charge in [0.15, 0.2) is 5.82 Å². The smallest absolute Gasteiger partial charge is 0.255 e. The number of H-pyrrole nitrogens is 1. The summed E-state index contributed by atoms with van der Waals surface area (Å²) in [5.41, 5.74) is 3.16. The van der Waals surface area contributed by atoms with Crippen molar-refractivity contribution in [2.24, 2.45) is 0 Å². The SMILES string of the molecule is Cc1nc(-c2cccc(NC(=O)c3ccc(OCc4ccccc4)cc3)c2)n[nH]1. The first-order valence-corrected chi connectivity index (χ1v) is 9.25. The Balaban J connectivity index is 1.40. The number of amides is 1. The van der Waals surface area contributed by atoms with E-state index in [1.54, 1.807) is 24.3 Å². The third kappa shape index (κ3) is 4.68. The van der Waals surface area contributed by atoms with E-state index in [0.717, 1.165) is 17.0 Å². The van der Waals surface area contributed by atoms with Crippen molar-refractivity contribution >= 4 is 11.6 Å². The Labute approximate surface area is 168 Å². The van der Waals surface area contributed by atoms with Gasteiger partial charge in [-0.15, -0.1) is 0 Å².